The van der Waals surface area contributed by atoms with Gasteiger partial charge in [-0.25, -0.2) is 0 Å². The number of nitrogens with one attached hydrogen (secondary N) is 2. The summed E-state index contributed by atoms with van der Waals surface area (Å²) in [6.07, 6.45) is 1.07. The molecule has 1 unspecified atom stereocenters. The number of carboxylic acid groups (broad SMARTS) is 1. The molecule has 14 nitrogen and oxygen atoms in total. The summed E-state index contributed by atoms with van der Waals surface area (Å²) in [5, 5.41) is 70.9. The Morgan fingerprint density at radius 1 is 1.14 bits per heavy atom. The number of hydrogen-bond acceptors (Lipinski definition) is 12. The van der Waals surface area contributed by atoms with Gasteiger partial charge < -0.3 is 41.7 Å². The molecule has 0 aromatic heterocycles. The maximum Gasteiger partial charge on any atom is 0.320 e. The van der Waals surface area contributed by atoms with Crippen LogP contribution in [0.1, 0.15) is 43.7 Å². The number of fused-ring (bicyclic) bond motifs is 3. The fourth-order valence-electron chi connectivity index (χ4n) is 6.63. The molecule has 0 aliphatic heterocycles. The van der Waals surface area contributed by atoms with Crippen molar-refractivity contribution in [2.75, 3.05) is 27.3 Å². The lowest BCUT2D eigenvalue weighted by Crippen LogP contribution is -2.67. The van der Waals surface area contributed by atoms with Crippen molar-refractivity contribution in [3.05, 3.63) is 46.2 Å². The average Bonchev–Trinajstić information content (AvgIpc) is 2.92. The minimum absolute atomic E-state index is 0.135. The molecule has 0 saturated heterocycles. The van der Waals surface area contributed by atoms with E-state index >= 15 is 0 Å². The number of aliphatic carboxylic acids is 1. The number of aromatic hydroxyl groups is 1. The first kappa shape index (κ1) is 32.1. The van der Waals surface area contributed by atoms with Crippen LogP contribution in [0.15, 0.2) is 35.1 Å². The van der Waals surface area contributed by atoms with Gasteiger partial charge in [-0.3, -0.25) is 29.4 Å². The molecule has 0 spiro atoms. The molecule has 0 bridgehead atoms. The lowest BCUT2D eigenvalue weighted by molar-refractivity contribution is -0.159. The first-order valence-electron chi connectivity index (χ1n) is 14.0. The van der Waals surface area contributed by atoms with Gasteiger partial charge in [0.15, 0.2) is 11.4 Å². The highest BCUT2D eigenvalue weighted by atomic mass is 16.4. The molecule has 1 amide bonds. The van der Waals surface area contributed by atoms with Crippen molar-refractivity contribution >= 4 is 29.2 Å². The number of aliphatic hydroxyl groups excluding tert-OH is 2. The third-order valence-corrected chi connectivity index (χ3v) is 8.84. The van der Waals surface area contributed by atoms with Gasteiger partial charge in [-0.05, 0) is 58.5 Å². The summed E-state index contributed by atoms with van der Waals surface area (Å²) in [6, 6.07) is 1.83. The number of Topliss-reactive ketones (excluding diaryl/α,β-unsaturated/α-hetero) is 2. The largest absolute Gasteiger partial charge is 0.508 e. The molecule has 3 aliphatic rings. The van der Waals surface area contributed by atoms with E-state index in [2.05, 4.69) is 10.6 Å². The van der Waals surface area contributed by atoms with Gasteiger partial charge in [0.05, 0.1) is 23.9 Å². The predicted octanol–water partition coefficient (Wildman–Crippen LogP) is -0.611. The number of carboxylic acids is 1. The van der Waals surface area contributed by atoms with Crippen LogP contribution in [0.3, 0.4) is 0 Å². The van der Waals surface area contributed by atoms with Gasteiger partial charge >= 0.3 is 5.97 Å². The number of benzene rings is 1. The molecule has 4 rings (SSSR count). The van der Waals surface area contributed by atoms with Crippen LogP contribution in [0.2, 0.25) is 0 Å². The Morgan fingerprint density at radius 3 is 2.42 bits per heavy atom. The summed E-state index contributed by atoms with van der Waals surface area (Å²) in [5.41, 5.74) is -0.669. The molecule has 1 fully saturated rings. The number of phenols is 1. The number of rotatable bonds is 10. The number of ketones is 2. The molecule has 0 heterocycles. The van der Waals surface area contributed by atoms with Crippen LogP contribution in [0.4, 0.5) is 0 Å². The molecular formula is C29H38N4O10. The zero-order valence-corrected chi connectivity index (χ0v) is 24.1. The average molecular weight is 603 g/mol. The minimum Gasteiger partial charge on any atom is -0.508 e. The highest BCUT2D eigenvalue weighted by molar-refractivity contribution is 6.25. The summed E-state index contributed by atoms with van der Waals surface area (Å²) >= 11 is 0. The third-order valence-electron chi connectivity index (χ3n) is 8.84. The second-order valence-electron chi connectivity index (χ2n) is 11.7. The van der Waals surface area contributed by atoms with E-state index in [0.29, 0.717) is 19.4 Å². The Balaban J connectivity index is 1.75. The van der Waals surface area contributed by atoms with Crippen molar-refractivity contribution in [3.8, 4) is 5.75 Å². The van der Waals surface area contributed by atoms with E-state index in [1.165, 1.54) is 44.1 Å². The lowest BCUT2D eigenvalue weighted by Gasteiger charge is -2.53. The van der Waals surface area contributed by atoms with Gasteiger partial charge in [0.25, 0.3) is 5.91 Å². The van der Waals surface area contributed by atoms with Gasteiger partial charge in [0.1, 0.15) is 28.9 Å². The maximum absolute atomic E-state index is 14.1. The zero-order chi connectivity index (χ0) is 32.0. The Hall–Kier alpha value is -3.82. The molecule has 234 valence electrons. The van der Waals surface area contributed by atoms with Crippen molar-refractivity contribution in [2.45, 2.75) is 55.9 Å². The van der Waals surface area contributed by atoms with Crippen LogP contribution in [-0.2, 0) is 24.8 Å². The van der Waals surface area contributed by atoms with Crippen LogP contribution in [0.5, 0.6) is 5.75 Å². The number of carbonyl (C=O) groups excluding carboxylic acids is 3. The van der Waals surface area contributed by atoms with Crippen LogP contribution in [0, 0.1) is 11.8 Å². The topological polar surface area (TPSA) is 243 Å². The van der Waals surface area contributed by atoms with Crippen LogP contribution in [-0.4, -0.2) is 104 Å². The normalized spacial score (nSPS) is 29.2. The van der Waals surface area contributed by atoms with Gasteiger partial charge in [0.2, 0.25) is 5.78 Å². The molecule has 10 N–H and O–H groups in total. The minimum atomic E-state index is -2.85. The monoisotopic (exact) mass is 602 g/mol. The number of likely N-dealkylation sites (N-methyl/N-ethyl adjacent to an activating group) is 1. The number of unbranched alkanes of at least 4 members (excludes halogenated alkanes) is 1. The fourth-order valence-corrected chi connectivity index (χ4v) is 6.63. The number of nitrogens with zero attached hydrogens (tertiary/aromatic N) is 1. The van der Waals surface area contributed by atoms with Crippen molar-refractivity contribution in [1.29, 1.82) is 0 Å². The quantitative estimate of drug-likeness (QED) is 0.0923. The highest BCUT2D eigenvalue weighted by Crippen LogP contribution is 2.57. The van der Waals surface area contributed by atoms with Crippen LogP contribution in [0.25, 0.3) is 5.76 Å². The van der Waals surface area contributed by atoms with Crippen molar-refractivity contribution in [1.82, 2.24) is 15.5 Å². The SMILES string of the molecule is CN(C)[C@@H]1C(=O)C(C(=O)NCNC(CCCCN)C(=O)O)=C(O)[C@@]2(O)C(=O)C3=C(O)c4c(O)cccc4[C@@](C)(O)[C@H]3C[C@@H]12. The van der Waals surface area contributed by atoms with Gasteiger partial charge in [-0.2, -0.15) is 0 Å². The Morgan fingerprint density at radius 2 is 1.81 bits per heavy atom. The molecule has 3 aliphatic carbocycles. The smallest absolute Gasteiger partial charge is 0.320 e. The van der Waals surface area contributed by atoms with E-state index in [4.69, 9.17) is 5.73 Å². The van der Waals surface area contributed by atoms with Gasteiger partial charge in [-0.15, -0.1) is 0 Å². The van der Waals surface area contributed by atoms with Crippen molar-refractivity contribution < 1.29 is 49.8 Å². The molecular weight excluding hydrogens is 564 g/mol. The second-order valence-corrected chi connectivity index (χ2v) is 11.7. The van der Waals surface area contributed by atoms with Crippen molar-refractivity contribution in [2.24, 2.45) is 17.6 Å². The molecule has 0 radical (unpaired) electrons. The summed E-state index contributed by atoms with van der Waals surface area (Å²) in [7, 11) is 2.97. The number of nitrogens with two attached hydrogens (primary N) is 1. The van der Waals surface area contributed by atoms with E-state index in [1.54, 1.807) is 0 Å². The predicted molar refractivity (Wildman–Crippen MR) is 151 cm³/mol. The molecule has 1 aromatic rings. The molecule has 14 heteroatoms. The number of aliphatic hydroxyl groups is 4. The maximum atomic E-state index is 14.1. The van der Waals surface area contributed by atoms with Crippen LogP contribution < -0.4 is 16.4 Å². The number of carbonyl (C=O) groups is 4. The summed E-state index contributed by atoms with van der Waals surface area (Å²) in [4.78, 5) is 54.0. The van der Waals surface area contributed by atoms with E-state index in [1.807, 2.05) is 0 Å². The lowest BCUT2D eigenvalue weighted by atomic mass is 9.54. The van der Waals surface area contributed by atoms with E-state index < -0.39 is 93.6 Å². The number of amides is 1. The second kappa shape index (κ2) is 11.7. The van der Waals surface area contributed by atoms with Gasteiger partial charge in [0, 0.05) is 17.4 Å². The summed E-state index contributed by atoms with van der Waals surface area (Å²) in [5.74, 6) is -9.29. The van der Waals surface area contributed by atoms with E-state index in [-0.39, 0.29) is 24.0 Å². The molecule has 1 aromatic carbocycles. The fraction of sp³-hybridized carbons (Fsp3) is 0.517. The number of phenolic OH excluding ortho intramolecular Hbond substituents is 1. The molecule has 6 atom stereocenters. The summed E-state index contributed by atoms with van der Waals surface area (Å²) in [6.45, 7) is 1.35. The van der Waals surface area contributed by atoms with Crippen molar-refractivity contribution in [3.63, 3.8) is 0 Å². The number of hydrogen-bond donors (Lipinski definition) is 9. The molecule has 1 saturated carbocycles. The zero-order valence-electron chi connectivity index (χ0n) is 24.1. The van der Waals surface area contributed by atoms with Crippen LogP contribution >= 0.6 is 0 Å². The highest BCUT2D eigenvalue weighted by Gasteiger charge is 2.66. The van der Waals surface area contributed by atoms with E-state index in [9.17, 15) is 49.8 Å². The standard InChI is InChI=1S/C29H38N4O10/c1-28(42)13-7-6-9-17(34)18(13)22(35)19-14(28)11-15-21(33(2)3)23(36)20(25(38)29(15,43)24(19)37)26(39)32-12-31-16(27(40)41)8-4-5-10-30/h6-7,9,14-16,21,31,34-35,38,42-43H,4-5,8,10-12,30H2,1-3H3,(H,32,39)(H,40,41)/t14-,15-,16?,21-,28+,29-/m0/s1. The van der Waals surface area contributed by atoms with Gasteiger partial charge in [-0.1, -0.05) is 18.6 Å². The Labute approximate surface area is 247 Å². The first-order valence-corrected chi connectivity index (χ1v) is 14.0. The molecule has 43 heavy (non-hydrogen) atoms. The first-order chi connectivity index (χ1) is 20.1. The third kappa shape index (κ3) is 5.08. The Bertz CT molecular complexity index is 1420. The summed E-state index contributed by atoms with van der Waals surface area (Å²) < 4.78 is 0. The Kier molecular flexibility index (Phi) is 8.73. The van der Waals surface area contributed by atoms with E-state index in [0.717, 1.165) is 0 Å².